The highest BCUT2D eigenvalue weighted by Gasteiger charge is 2.37. The van der Waals surface area contributed by atoms with Crippen LogP contribution in [0.1, 0.15) is 34.1 Å². The number of anilines is 1. The van der Waals surface area contributed by atoms with Crippen LogP contribution >= 0.6 is 0 Å². The van der Waals surface area contributed by atoms with E-state index in [1.54, 1.807) is 23.1 Å². The van der Waals surface area contributed by atoms with E-state index in [9.17, 15) is 19.5 Å². The lowest BCUT2D eigenvalue weighted by Crippen LogP contribution is -2.54. The van der Waals surface area contributed by atoms with Crippen LogP contribution < -0.4 is 25.0 Å². The number of nitrogens with zero attached hydrogens (tertiary/aromatic N) is 1. The van der Waals surface area contributed by atoms with Gasteiger partial charge in [0, 0.05) is 24.7 Å². The van der Waals surface area contributed by atoms with E-state index in [1.807, 2.05) is 27.7 Å². The minimum atomic E-state index is -0.756. The summed E-state index contributed by atoms with van der Waals surface area (Å²) in [5.74, 6) is -0.290. The third-order valence-electron chi connectivity index (χ3n) is 5.91. The molecule has 1 saturated heterocycles. The van der Waals surface area contributed by atoms with Crippen molar-refractivity contribution in [2.24, 2.45) is 17.8 Å². The standard InChI is InChI=1S/C23H33N3O6/c1-13(2)17(12-27)24-23(30)21(14(3)4)25-22(29)15-9-20(28)26(11-15)16-5-6-18-19(10-16)32-8-7-31-18/h5-6,10,13-15,17,21,27H,7-9,11-12H2,1-4H3,(H,24,30)(H,25,29). The minimum absolute atomic E-state index is 0.0551. The molecule has 3 N–H and O–H groups in total. The molecule has 1 fully saturated rings. The maximum Gasteiger partial charge on any atom is 0.243 e. The highest BCUT2D eigenvalue weighted by Crippen LogP contribution is 2.36. The molecule has 0 spiro atoms. The number of amides is 3. The second-order valence-electron chi connectivity index (χ2n) is 9.01. The molecule has 32 heavy (non-hydrogen) atoms. The van der Waals surface area contributed by atoms with Crippen LogP contribution in [-0.2, 0) is 14.4 Å². The number of fused-ring (bicyclic) bond motifs is 1. The van der Waals surface area contributed by atoms with Crippen molar-refractivity contribution in [3.8, 4) is 11.5 Å². The van der Waals surface area contributed by atoms with Crippen LogP contribution in [0.25, 0.3) is 0 Å². The van der Waals surface area contributed by atoms with Crippen molar-refractivity contribution >= 4 is 23.4 Å². The van der Waals surface area contributed by atoms with Crippen LogP contribution in [0.15, 0.2) is 18.2 Å². The summed E-state index contributed by atoms with van der Waals surface area (Å²) in [5.41, 5.74) is 0.649. The lowest BCUT2D eigenvalue weighted by molar-refractivity contribution is -0.132. The fourth-order valence-corrected chi connectivity index (χ4v) is 3.83. The molecule has 3 amide bonds. The van der Waals surface area contributed by atoms with Crippen molar-refractivity contribution in [2.75, 3.05) is 31.3 Å². The number of carbonyl (C=O) groups excluding carboxylic acids is 3. The quantitative estimate of drug-likeness (QED) is 0.549. The average Bonchev–Trinajstić information content (AvgIpc) is 3.16. The zero-order chi connectivity index (χ0) is 23.4. The Balaban J connectivity index is 1.65. The molecule has 2 aliphatic heterocycles. The van der Waals surface area contributed by atoms with E-state index in [2.05, 4.69) is 10.6 Å². The van der Waals surface area contributed by atoms with Gasteiger partial charge in [-0.15, -0.1) is 0 Å². The second kappa shape index (κ2) is 10.2. The Kier molecular flexibility index (Phi) is 7.60. The molecule has 0 radical (unpaired) electrons. The molecule has 0 bridgehead atoms. The van der Waals surface area contributed by atoms with Crippen LogP contribution in [0, 0.1) is 17.8 Å². The number of hydrogen-bond donors (Lipinski definition) is 3. The predicted octanol–water partition coefficient (Wildman–Crippen LogP) is 1.08. The van der Waals surface area contributed by atoms with Gasteiger partial charge in [-0.05, 0) is 24.0 Å². The molecular weight excluding hydrogens is 414 g/mol. The molecule has 9 heteroatoms. The van der Waals surface area contributed by atoms with Gasteiger partial charge in [0.1, 0.15) is 19.3 Å². The molecule has 9 nitrogen and oxygen atoms in total. The summed E-state index contributed by atoms with van der Waals surface area (Å²) in [6.45, 7) is 8.47. The van der Waals surface area contributed by atoms with Gasteiger partial charge in [-0.3, -0.25) is 14.4 Å². The van der Waals surface area contributed by atoms with Gasteiger partial charge < -0.3 is 30.1 Å². The Morgan fingerprint density at radius 3 is 2.41 bits per heavy atom. The summed E-state index contributed by atoms with van der Waals surface area (Å²) in [4.78, 5) is 39.9. The first-order chi connectivity index (χ1) is 15.2. The predicted molar refractivity (Wildman–Crippen MR) is 119 cm³/mol. The van der Waals surface area contributed by atoms with E-state index < -0.39 is 12.0 Å². The molecule has 1 aromatic carbocycles. The second-order valence-corrected chi connectivity index (χ2v) is 9.01. The first kappa shape index (κ1) is 23.8. The van der Waals surface area contributed by atoms with Gasteiger partial charge in [0.05, 0.1) is 18.6 Å². The first-order valence-corrected chi connectivity index (χ1v) is 11.1. The molecule has 2 aliphatic rings. The molecule has 0 saturated carbocycles. The van der Waals surface area contributed by atoms with Crippen molar-refractivity contribution in [2.45, 2.75) is 46.2 Å². The van der Waals surface area contributed by atoms with E-state index >= 15 is 0 Å². The minimum Gasteiger partial charge on any atom is -0.486 e. The van der Waals surface area contributed by atoms with Gasteiger partial charge in [-0.2, -0.15) is 0 Å². The number of aliphatic hydroxyl groups excluding tert-OH is 1. The van der Waals surface area contributed by atoms with E-state index in [1.165, 1.54) is 0 Å². The molecule has 0 aliphatic carbocycles. The van der Waals surface area contributed by atoms with Gasteiger partial charge in [-0.1, -0.05) is 27.7 Å². The van der Waals surface area contributed by atoms with Crippen LogP contribution in [0.4, 0.5) is 5.69 Å². The Labute approximate surface area is 188 Å². The Morgan fingerprint density at radius 2 is 1.78 bits per heavy atom. The van der Waals surface area contributed by atoms with Gasteiger partial charge in [0.25, 0.3) is 0 Å². The van der Waals surface area contributed by atoms with Crippen molar-refractivity contribution in [1.82, 2.24) is 10.6 Å². The smallest absolute Gasteiger partial charge is 0.243 e. The summed E-state index contributed by atoms with van der Waals surface area (Å²) in [7, 11) is 0. The Hall–Kier alpha value is -2.81. The number of hydrogen-bond acceptors (Lipinski definition) is 6. The monoisotopic (exact) mass is 447 g/mol. The highest BCUT2D eigenvalue weighted by molar-refractivity contribution is 6.01. The lowest BCUT2D eigenvalue weighted by atomic mass is 9.99. The number of benzene rings is 1. The highest BCUT2D eigenvalue weighted by atomic mass is 16.6. The SMILES string of the molecule is CC(C)C(CO)NC(=O)C(NC(=O)C1CC(=O)N(c2ccc3c(c2)OCCO3)C1)C(C)C. The molecule has 3 atom stereocenters. The van der Waals surface area contributed by atoms with Crippen LogP contribution in [0.3, 0.4) is 0 Å². The van der Waals surface area contributed by atoms with Gasteiger partial charge in [0.15, 0.2) is 11.5 Å². The Bertz CT molecular complexity index is 856. The average molecular weight is 448 g/mol. The summed E-state index contributed by atoms with van der Waals surface area (Å²) in [6.07, 6.45) is 0.0674. The van der Waals surface area contributed by atoms with Crippen molar-refractivity contribution < 1.29 is 29.0 Å². The van der Waals surface area contributed by atoms with Gasteiger partial charge in [0.2, 0.25) is 17.7 Å². The third-order valence-corrected chi connectivity index (χ3v) is 5.91. The maximum atomic E-state index is 12.9. The molecular formula is C23H33N3O6. The number of rotatable bonds is 8. The van der Waals surface area contributed by atoms with Gasteiger partial charge >= 0.3 is 0 Å². The van der Waals surface area contributed by atoms with E-state index in [-0.39, 0.29) is 55.2 Å². The van der Waals surface area contributed by atoms with E-state index in [0.717, 1.165) is 0 Å². The normalized spacial score (nSPS) is 19.8. The largest absolute Gasteiger partial charge is 0.486 e. The zero-order valence-electron chi connectivity index (χ0n) is 19.1. The maximum absolute atomic E-state index is 12.9. The molecule has 0 aromatic heterocycles. The summed E-state index contributed by atoms with van der Waals surface area (Å²) >= 11 is 0. The van der Waals surface area contributed by atoms with Crippen LogP contribution in [0.5, 0.6) is 11.5 Å². The third kappa shape index (κ3) is 5.32. The summed E-state index contributed by atoms with van der Waals surface area (Å²) in [5, 5.41) is 15.1. The fourth-order valence-electron chi connectivity index (χ4n) is 3.83. The molecule has 2 heterocycles. The first-order valence-electron chi connectivity index (χ1n) is 11.1. The number of aliphatic hydroxyl groups is 1. The summed E-state index contributed by atoms with van der Waals surface area (Å²) < 4.78 is 11.1. The zero-order valence-corrected chi connectivity index (χ0v) is 19.1. The number of carbonyl (C=O) groups is 3. The van der Waals surface area contributed by atoms with E-state index in [4.69, 9.17) is 9.47 Å². The van der Waals surface area contributed by atoms with Gasteiger partial charge in [-0.25, -0.2) is 0 Å². The van der Waals surface area contributed by atoms with E-state index in [0.29, 0.717) is 30.4 Å². The summed E-state index contributed by atoms with van der Waals surface area (Å²) in [6, 6.07) is 4.14. The van der Waals surface area contributed by atoms with Crippen molar-refractivity contribution in [1.29, 1.82) is 0 Å². The van der Waals surface area contributed by atoms with Crippen LogP contribution in [-0.4, -0.2) is 61.3 Å². The van der Waals surface area contributed by atoms with Crippen molar-refractivity contribution in [3.63, 3.8) is 0 Å². The molecule has 176 valence electrons. The topological polar surface area (TPSA) is 117 Å². The van der Waals surface area contributed by atoms with Crippen molar-refractivity contribution in [3.05, 3.63) is 18.2 Å². The fraction of sp³-hybridized carbons (Fsp3) is 0.609. The lowest BCUT2D eigenvalue weighted by Gasteiger charge is -2.27. The number of ether oxygens (including phenoxy) is 2. The molecule has 3 unspecified atom stereocenters. The number of nitrogens with one attached hydrogen (secondary N) is 2. The van der Waals surface area contributed by atoms with Crippen LogP contribution in [0.2, 0.25) is 0 Å². The molecule has 1 aromatic rings. The molecule has 3 rings (SSSR count). The Morgan fingerprint density at radius 1 is 1.09 bits per heavy atom.